The van der Waals surface area contributed by atoms with Crippen LogP contribution in [0.5, 0.6) is 0 Å². The Bertz CT molecular complexity index is 941. The first-order chi connectivity index (χ1) is 13.9. The second-order valence-electron chi connectivity index (χ2n) is 11.2. The van der Waals surface area contributed by atoms with Gasteiger partial charge >= 0.3 is 5.69 Å². The molecule has 1 aliphatic heterocycles. The summed E-state index contributed by atoms with van der Waals surface area (Å²) in [6.45, 7) is 21.8. The SMILES string of the molecule is CC(C)(C)[Si](C)(C)O[C@@H]1[C@H](O[Si](C)(C)C(C)(C)C)/C(=C/I)O[C@H]1n1ccc(=O)[nH]c1=O. The largest absolute Gasteiger partial charge is 0.468 e. The second kappa shape index (κ2) is 8.92. The van der Waals surface area contributed by atoms with E-state index in [4.69, 9.17) is 13.6 Å². The lowest BCUT2D eigenvalue weighted by Crippen LogP contribution is -2.52. The minimum absolute atomic E-state index is 0.00217. The Morgan fingerprint density at radius 3 is 2.00 bits per heavy atom. The van der Waals surface area contributed by atoms with Crippen molar-refractivity contribution in [1.29, 1.82) is 0 Å². The van der Waals surface area contributed by atoms with Crippen LogP contribution in [0, 0.1) is 0 Å². The first-order valence-electron chi connectivity index (χ1n) is 10.6. The van der Waals surface area contributed by atoms with Crippen molar-refractivity contribution in [2.75, 3.05) is 0 Å². The summed E-state index contributed by atoms with van der Waals surface area (Å²) >= 11 is 2.14. The molecule has 0 aromatic carbocycles. The van der Waals surface area contributed by atoms with E-state index in [1.54, 1.807) is 0 Å². The molecule has 1 aromatic heterocycles. The summed E-state index contributed by atoms with van der Waals surface area (Å²) in [5, 5.41) is -0.0381. The molecule has 31 heavy (non-hydrogen) atoms. The third-order valence-corrected chi connectivity index (χ3v) is 16.4. The Labute approximate surface area is 201 Å². The van der Waals surface area contributed by atoms with Crippen LogP contribution in [0.2, 0.25) is 36.3 Å². The van der Waals surface area contributed by atoms with Gasteiger partial charge in [-0.3, -0.25) is 14.3 Å². The van der Waals surface area contributed by atoms with Crippen LogP contribution in [-0.4, -0.2) is 38.4 Å². The quantitative estimate of drug-likeness (QED) is 0.386. The summed E-state index contributed by atoms with van der Waals surface area (Å²) in [4.78, 5) is 26.6. The van der Waals surface area contributed by atoms with E-state index in [0.717, 1.165) is 0 Å². The average molecular weight is 581 g/mol. The summed E-state index contributed by atoms with van der Waals surface area (Å²) in [5.74, 6) is 0.650. The van der Waals surface area contributed by atoms with Crippen molar-refractivity contribution >= 4 is 39.2 Å². The number of aromatic nitrogens is 2. The molecule has 0 radical (unpaired) electrons. The lowest BCUT2D eigenvalue weighted by Gasteiger charge is -2.43. The Morgan fingerprint density at radius 1 is 1.03 bits per heavy atom. The molecule has 0 aliphatic carbocycles. The molecule has 7 nitrogen and oxygen atoms in total. The maximum Gasteiger partial charge on any atom is 0.331 e. The van der Waals surface area contributed by atoms with Gasteiger partial charge in [0.05, 0.1) is 0 Å². The summed E-state index contributed by atoms with van der Waals surface area (Å²) in [5.41, 5.74) is -0.970. The zero-order chi connectivity index (χ0) is 24.0. The fraction of sp³-hybridized carbons (Fsp3) is 0.714. The number of hydrogen-bond acceptors (Lipinski definition) is 5. The molecule has 0 bridgehead atoms. The summed E-state index contributed by atoms with van der Waals surface area (Å²) in [6, 6.07) is 1.32. The van der Waals surface area contributed by atoms with Gasteiger partial charge in [-0.2, -0.15) is 0 Å². The normalized spacial score (nSPS) is 24.5. The highest BCUT2D eigenvalue weighted by Gasteiger charge is 2.53. The zero-order valence-electron chi connectivity index (χ0n) is 20.3. The molecule has 0 saturated carbocycles. The topological polar surface area (TPSA) is 82.6 Å². The van der Waals surface area contributed by atoms with Crippen molar-refractivity contribution in [3.8, 4) is 0 Å². The molecule has 176 valence electrons. The highest BCUT2D eigenvalue weighted by Crippen LogP contribution is 2.46. The van der Waals surface area contributed by atoms with Gasteiger partial charge < -0.3 is 13.6 Å². The van der Waals surface area contributed by atoms with E-state index in [1.165, 1.54) is 16.8 Å². The molecule has 0 unspecified atom stereocenters. The Morgan fingerprint density at radius 2 is 1.55 bits per heavy atom. The van der Waals surface area contributed by atoms with E-state index >= 15 is 0 Å². The standard InChI is InChI=1S/C21H37IN2O5Si2/c1-20(2,3)30(7,8)28-16-14(13-22)27-18(24-12-11-15(25)23-19(24)26)17(16)29-31(9,10)21(4,5)6/h11-13,16-18H,1-10H3,(H,23,25,26)/b14-13-/t16-,17-,18-/m1/s1. The van der Waals surface area contributed by atoms with Gasteiger partial charge in [0.15, 0.2) is 16.6 Å². The third kappa shape index (κ3) is 5.63. The second-order valence-corrected chi connectivity index (χ2v) is 21.3. The van der Waals surface area contributed by atoms with Crippen molar-refractivity contribution in [2.24, 2.45) is 0 Å². The van der Waals surface area contributed by atoms with Crippen LogP contribution in [0.3, 0.4) is 0 Å². The Hall–Kier alpha value is -0.696. The Balaban J connectivity index is 2.60. The molecular formula is C21H37IN2O5Si2. The maximum absolute atomic E-state index is 12.6. The van der Waals surface area contributed by atoms with E-state index in [2.05, 4.69) is 95.3 Å². The van der Waals surface area contributed by atoms with E-state index in [9.17, 15) is 9.59 Å². The van der Waals surface area contributed by atoms with Crippen molar-refractivity contribution in [1.82, 2.24) is 9.55 Å². The van der Waals surface area contributed by atoms with E-state index in [1.807, 2.05) is 4.08 Å². The zero-order valence-corrected chi connectivity index (χ0v) is 24.5. The molecule has 1 saturated heterocycles. The minimum atomic E-state index is -2.24. The Kier molecular flexibility index (Phi) is 7.64. The number of ether oxygens (including phenoxy) is 1. The van der Waals surface area contributed by atoms with Crippen LogP contribution < -0.4 is 11.2 Å². The highest BCUT2D eigenvalue weighted by molar-refractivity contribution is 14.1. The summed E-state index contributed by atoms with van der Waals surface area (Å²) in [7, 11) is -4.42. The van der Waals surface area contributed by atoms with Gasteiger partial charge in [0.2, 0.25) is 6.23 Å². The molecular weight excluding hydrogens is 543 g/mol. The fourth-order valence-electron chi connectivity index (χ4n) is 2.77. The van der Waals surface area contributed by atoms with Gasteiger partial charge in [-0.15, -0.1) is 0 Å². The minimum Gasteiger partial charge on any atom is -0.468 e. The maximum atomic E-state index is 12.6. The molecule has 0 amide bonds. The molecule has 1 N–H and O–H groups in total. The molecule has 10 heteroatoms. The van der Waals surface area contributed by atoms with Gasteiger partial charge in [-0.1, -0.05) is 41.5 Å². The van der Waals surface area contributed by atoms with E-state index in [0.29, 0.717) is 5.76 Å². The van der Waals surface area contributed by atoms with E-state index < -0.39 is 46.3 Å². The number of H-pyrrole nitrogens is 1. The van der Waals surface area contributed by atoms with Crippen LogP contribution in [0.4, 0.5) is 0 Å². The van der Waals surface area contributed by atoms with Crippen LogP contribution >= 0.6 is 22.6 Å². The number of aromatic amines is 1. The summed E-state index contributed by atoms with van der Waals surface area (Å²) < 4.78 is 23.1. The average Bonchev–Trinajstić information content (AvgIpc) is 2.89. The predicted octanol–water partition coefficient (Wildman–Crippen LogP) is 5.12. The fourth-order valence-corrected chi connectivity index (χ4v) is 5.79. The van der Waals surface area contributed by atoms with Crippen molar-refractivity contribution < 1.29 is 13.6 Å². The smallest absolute Gasteiger partial charge is 0.331 e. The predicted molar refractivity (Wildman–Crippen MR) is 138 cm³/mol. The molecule has 2 rings (SSSR count). The van der Waals surface area contributed by atoms with Crippen molar-refractivity contribution in [3.05, 3.63) is 42.9 Å². The van der Waals surface area contributed by atoms with Gasteiger partial charge in [0.25, 0.3) is 5.56 Å². The van der Waals surface area contributed by atoms with Gasteiger partial charge in [0.1, 0.15) is 18.0 Å². The molecule has 1 aromatic rings. The van der Waals surface area contributed by atoms with Crippen LogP contribution in [-0.2, 0) is 13.6 Å². The monoisotopic (exact) mass is 580 g/mol. The molecule has 1 fully saturated rings. The summed E-state index contributed by atoms with van der Waals surface area (Å²) in [6.07, 6.45) is -0.211. The molecule has 2 heterocycles. The first-order valence-corrected chi connectivity index (χ1v) is 17.6. The number of nitrogens with zero attached hydrogens (tertiary/aromatic N) is 1. The lowest BCUT2D eigenvalue weighted by atomic mass is 10.2. The van der Waals surface area contributed by atoms with Gasteiger partial charge in [0, 0.05) is 16.3 Å². The van der Waals surface area contributed by atoms with Crippen LogP contribution in [0.15, 0.2) is 31.7 Å². The van der Waals surface area contributed by atoms with Crippen molar-refractivity contribution in [3.63, 3.8) is 0 Å². The molecule has 3 atom stereocenters. The van der Waals surface area contributed by atoms with Crippen LogP contribution in [0.25, 0.3) is 0 Å². The van der Waals surface area contributed by atoms with Crippen molar-refractivity contribution in [2.45, 2.75) is 96.2 Å². The molecule has 1 aliphatic rings. The van der Waals surface area contributed by atoms with E-state index in [-0.39, 0.29) is 10.1 Å². The van der Waals surface area contributed by atoms with Gasteiger partial charge in [-0.25, -0.2) is 4.79 Å². The first kappa shape index (κ1) is 26.6. The third-order valence-electron chi connectivity index (χ3n) is 6.81. The molecule has 0 spiro atoms. The number of nitrogens with one attached hydrogen (secondary N) is 1. The van der Waals surface area contributed by atoms with Crippen LogP contribution in [0.1, 0.15) is 47.8 Å². The van der Waals surface area contributed by atoms with Gasteiger partial charge in [-0.05, 0) is 58.9 Å². The highest BCUT2D eigenvalue weighted by atomic mass is 127. The number of halogens is 1. The number of hydrogen-bond donors (Lipinski definition) is 1. The lowest BCUT2D eigenvalue weighted by molar-refractivity contribution is -0.00650. The number of rotatable bonds is 5.